The predicted molar refractivity (Wildman–Crippen MR) is 55.2 cm³/mol. The first-order valence-corrected chi connectivity index (χ1v) is 4.97. The zero-order valence-electron chi connectivity index (χ0n) is 8.22. The molecule has 0 aliphatic carbocycles. The lowest BCUT2D eigenvalue weighted by atomic mass is 10.3. The molecule has 0 atom stereocenters. The van der Waals surface area contributed by atoms with Gasteiger partial charge in [0.05, 0.1) is 13.1 Å². The molecule has 0 aromatic rings. The van der Waals surface area contributed by atoms with Gasteiger partial charge in [0.25, 0.3) is 0 Å². The maximum atomic E-state index is 11.0. The van der Waals surface area contributed by atoms with E-state index >= 15 is 0 Å². The Morgan fingerprint density at radius 1 is 1.07 bits per heavy atom. The average molecular weight is 236 g/mol. The first-order valence-electron chi connectivity index (χ1n) is 4.44. The van der Waals surface area contributed by atoms with Crippen molar-refractivity contribution in [3.8, 4) is 0 Å². The van der Waals surface area contributed by atoms with E-state index < -0.39 is 11.8 Å². The van der Waals surface area contributed by atoms with Gasteiger partial charge in [-0.15, -0.1) is 11.6 Å². The summed E-state index contributed by atoms with van der Waals surface area (Å²) < 4.78 is 0. The smallest absolute Gasteiger partial charge is 0.239 e. The minimum absolute atomic E-state index is 0.158. The number of hydrogen-bond donors (Lipinski definition) is 3. The SMILES string of the molecule is NC(=O)CNC(=O)CNC(=O)CCCCl. The third-order valence-corrected chi connectivity index (χ3v) is 1.71. The Morgan fingerprint density at radius 2 is 1.67 bits per heavy atom. The molecule has 0 unspecified atom stereocenters. The highest BCUT2D eigenvalue weighted by Crippen LogP contribution is 1.90. The molecule has 0 aromatic carbocycles. The second-order valence-corrected chi connectivity index (χ2v) is 3.19. The van der Waals surface area contributed by atoms with E-state index in [1.807, 2.05) is 0 Å². The van der Waals surface area contributed by atoms with Crippen LogP contribution < -0.4 is 16.4 Å². The molecule has 0 fully saturated rings. The summed E-state index contributed by atoms with van der Waals surface area (Å²) in [5, 5.41) is 4.62. The predicted octanol–water partition coefficient (Wildman–Crippen LogP) is -1.28. The molecule has 0 bridgehead atoms. The summed E-state index contributed by atoms with van der Waals surface area (Å²) in [6.07, 6.45) is 0.850. The maximum absolute atomic E-state index is 11.0. The van der Waals surface area contributed by atoms with E-state index in [1.54, 1.807) is 0 Å². The van der Waals surface area contributed by atoms with Crippen LogP contribution in [0.1, 0.15) is 12.8 Å². The Hall–Kier alpha value is -1.30. The molecule has 0 aliphatic heterocycles. The van der Waals surface area contributed by atoms with Gasteiger partial charge in [0.2, 0.25) is 17.7 Å². The van der Waals surface area contributed by atoms with Crippen molar-refractivity contribution in [3.63, 3.8) is 0 Å². The third kappa shape index (κ3) is 9.01. The number of nitrogens with two attached hydrogens (primary N) is 1. The number of alkyl halides is 1. The van der Waals surface area contributed by atoms with Crippen LogP contribution in [0, 0.1) is 0 Å². The van der Waals surface area contributed by atoms with Crippen molar-refractivity contribution in [2.75, 3.05) is 19.0 Å². The lowest BCUT2D eigenvalue weighted by Crippen LogP contribution is -2.40. The molecule has 0 heterocycles. The topological polar surface area (TPSA) is 101 Å². The average Bonchev–Trinajstić information content (AvgIpc) is 2.20. The van der Waals surface area contributed by atoms with Gasteiger partial charge in [-0.25, -0.2) is 0 Å². The number of halogens is 1. The Bertz CT molecular complexity index is 245. The Balaban J connectivity index is 3.53. The van der Waals surface area contributed by atoms with Crippen LogP contribution in [0.25, 0.3) is 0 Å². The summed E-state index contributed by atoms with van der Waals surface area (Å²) in [7, 11) is 0. The van der Waals surface area contributed by atoms with Crippen LogP contribution in [0.2, 0.25) is 0 Å². The number of primary amides is 1. The zero-order valence-corrected chi connectivity index (χ0v) is 8.97. The number of hydrogen-bond acceptors (Lipinski definition) is 3. The van der Waals surface area contributed by atoms with Crippen molar-refractivity contribution in [3.05, 3.63) is 0 Å². The van der Waals surface area contributed by atoms with Gasteiger partial charge in [-0.1, -0.05) is 0 Å². The highest BCUT2D eigenvalue weighted by molar-refractivity contribution is 6.17. The maximum Gasteiger partial charge on any atom is 0.239 e. The summed E-state index contributed by atoms with van der Waals surface area (Å²) in [6, 6.07) is 0. The summed E-state index contributed by atoms with van der Waals surface area (Å²) in [5.74, 6) is -0.920. The van der Waals surface area contributed by atoms with Gasteiger partial charge in [-0.3, -0.25) is 14.4 Å². The van der Waals surface area contributed by atoms with E-state index in [9.17, 15) is 14.4 Å². The van der Waals surface area contributed by atoms with Gasteiger partial charge < -0.3 is 16.4 Å². The Labute approximate surface area is 92.5 Å². The highest BCUT2D eigenvalue weighted by atomic mass is 35.5. The summed E-state index contributed by atoms with van der Waals surface area (Å²) in [5.41, 5.74) is 4.81. The van der Waals surface area contributed by atoms with E-state index in [-0.39, 0.29) is 25.4 Å². The fourth-order valence-electron chi connectivity index (χ4n) is 0.743. The molecule has 0 saturated carbocycles. The van der Waals surface area contributed by atoms with Crippen LogP contribution in [0.5, 0.6) is 0 Å². The molecule has 3 amide bonds. The molecule has 0 rings (SSSR count). The minimum Gasteiger partial charge on any atom is -0.368 e. The highest BCUT2D eigenvalue weighted by Gasteiger charge is 2.05. The van der Waals surface area contributed by atoms with Crippen molar-refractivity contribution in [1.29, 1.82) is 0 Å². The third-order valence-electron chi connectivity index (χ3n) is 1.44. The van der Waals surface area contributed by atoms with Crippen molar-refractivity contribution >= 4 is 29.3 Å². The van der Waals surface area contributed by atoms with Crippen molar-refractivity contribution in [2.45, 2.75) is 12.8 Å². The second-order valence-electron chi connectivity index (χ2n) is 2.81. The monoisotopic (exact) mass is 235 g/mol. The van der Waals surface area contributed by atoms with E-state index in [4.69, 9.17) is 17.3 Å². The molecule has 4 N–H and O–H groups in total. The van der Waals surface area contributed by atoms with Crippen molar-refractivity contribution in [1.82, 2.24) is 10.6 Å². The fraction of sp³-hybridized carbons (Fsp3) is 0.625. The largest absolute Gasteiger partial charge is 0.368 e. The Kier molecular flexibility index (Phi) is 7.35. The number of amides is 3. The summed E-state index contributed by atoms with van der Waals surface area (Å²) >= 11 is 5.38. The molecule has 0 aliphatic rings. The standard InChI is InChI=1S/C8H14ClN3O3/c9-3-1-2-7(14)12-5-8(15)11-4-6(10)13/h1-5H2,(H2,10,13)(H,11,15)(H,12,14). The summed E-state index contributed by atoms with van der Waals surface area (Å²) in [6.45, 7) is -0.384. The summed E-state index contributed by atoms with van der Waals surface area (Å²) in [4.78, 5) is 32.3. The number of rotatable bonds is 7. The number of nitrogens with one attached hydrogen (secondary N) is 2. The van der Waals surface area contributed by atoms with Gasteiger partial charge in [0.15, 0.2) is 0 Å². The molecule has 86 valence electrons. The first-order chi connectivity index (χ1) is 7.06. The van der Waals surface area contributed by atoms with Gasteiger partial charge in [-0.05, 0) is 6.42 Å². The quantitative estimate of drug-likeness (QED) is 0.479. The number of carbonyl (C=O) groups excluding carboxylic acids is 3. The molecule has 0 saturated heterocycles. The first kappa shape index (κ1) is 13.7. The van der Waals surface area contributed by atoms with Crippen LogP contribution in [0.4, 0.5) is 0 Å². The van der Waals surface area contributed by atoms with Crippen LogP contribution in [0.15, 0.2) is 0 Å². The van der Waals surface area contributed by atoms with Crippen LogP contribution >= 0.6 is 11.6 Å². The molecule has 0 radical (unpaired) electrons. The zero-order chi connectivity index (χ0) is 11.7. The molecular weight excluding hydrogens is 222 g/mol. The van der Waals surface area contributed by atoms with Gasteiger partial charge in [0.1, 0.15) is 0 Å². The van der Waals surface area contributed by atoms with E-state index in [0.29, 0.717) is 12.3 Å². The lowest BCUT2D eigenvalue weighted by molar-refractivity contribution is -0.127. The van der Waals surface area contributed by atoms with E-state index in [1.165, 1.54) is 0 Å². The minimum atomic E-state index is -0.628. The molecule has 0 spiro atoms. The molecule has 6 nitrogen and oxygen atoms in total. The van der Waals surface area contributed by atoms with E-state index in [0.717, 1.165) is 0 Å². The van der Waals surface area contributed by atoms with Gasteiger partial charge >= 0.3 is 0 Å². The molecule has 15 heavy (non-hydrogen) atoms. The molecule has 0 aromatic heterocycles. The fourth-order valence-corrected chi connectivity index (χ4v) is 0.876. The lowest BCUT2D eigenvalue weighted by Gasteiger charge is -2.04. The Morgan fingerprint density at radius 3 is 2.20 bits per heavy atom. The number of carbonyl (C=O) groups is 3. The van der Waals surface area contributed by atoms with Gasteiger partial charge in [0, 0.05) is 12.3 Å². The van der Waals surface area contributed by atoms with Crippen molar-refractivity contribution in [2.24, 2.45) is 5.73 Å². The van der Waals surface area contributed by atoms with Crippen LogP contribution in [0.3, 0.4) is 0 Å². The van der Waals surface area contributed by atoms with Gasteiger partial charge in [-0.2, -0.15) is 0 Å². The van der Waals surface area contributed by atoms with Crippen LogP contribution in [-0.4, -0.2) is 36.7 Å². The van der Waals surface area contributed by atoms with Crippen molar-refractivity contribution < 1.29 is 14.4 Å². The normalized spacial score (nSPS) is 9.40. The molecular formula is C8H14ClN3O3. The van der Waals surface area contributed by atoms with E-state index in [2.05, 4.69) is 10.6 Å². The van der Waals surface area contributed by atoms with Crippen LogP contribution in [-0.2, 0) is 14.4 Å². The second kappa shape index (κ2) is 8.05. The molecule has 7 heteroatoms.